The number of hydrogen-bond acceptors (Lipinski definition) is 3. The molecular formula is C12H16O4S. The zero-order valence-electron chi connectivity index (χ0n) is 9.88. The first-order chi connectivity index (χ1) is 8.02. The molecule has 1 aromatic carbocycles. The lowest BCUT2D eigenvalue weighted by Crippen LogP contribution is -2.17. The molecule has 4 nitrogen and oxygen atoms in total. The number of methoxy groups -OCH3 is 1. The number of aliphatic carboxylic acids is 1. The average molecular weight is 256 g/mol. The van der Waals surface area contributed by atoms with Crippen LogP contribution < -0.4 is 4.74 Å². The molecule has 0 spiro atoms. The third-order valence-corrected chi connectivity index (χ3v) is 4.04. The smallest absolute Gasteiger partial charge is 0.304 e. The van der Waals surface area contributed by atoms with Gasteiger partial charge in [-0.05, 0) is 17.7 Å². The maximum atomic E-state index is 11.9. The number of carboxylic acid groups (broad SMARTS) is 1. The Morgan fingerprint density at radius 1 is 1.53 bits per heavy atom. The van der Waals surface area contributed by atoms with Crippen LogP contribution in [0.25, 0.3) is 0 Å². The van der Waals surface area contributed by atoms with Crippen molar-refractivity contribution in [2.24, 2.45) is 0 Å². The molecule has 1 aromatic rings. The summed E-state index contributed by atoms with van der Waals surface area (Å²) in [7, 11) is 0.390. The molecule has 0 aliphatic carbocycles. The molecule has 17 heavy (non-hydrogen) atoms. The van der Waals surface area contributed by atoms with E-state index in [9.17, 15) is 9.00 Å². The van der Waals surface area contributed by atoms with Gasteiger partial charge in [-0.1, -0.05) is 19.1 Å². The van der Waals surface area contributed by atoms with E-state index in [0.29, 0.717) is 11.5 Å². The molecule has 0 fully saturated rings. The number of carboxylic acids is 1. The topological polar surface area (TPSA) is 63.6 Å². The van der Waals surface area contributed by atoms with Crippen LogP contribution in [-0.2, 0) is 21.3 Å². The highest BCUT2D eigenvalue weighted by Crippen LogP contribution is 2.16. The van der Waals surface area contributed by atoms with Crippen LogP contribution in [0.3, 0.4) is 0 Å². The summed E-state index contributed by atoms with van der Waals surface area (Å²) in [6, 6.07) is 7.31. The Labute approximate surface area is 103 Å². The van der Waals surface area contributed by atoms with Crippen LogP contribution in [-0.4, -0.2) is 27.6 Å². The van der Waals surface area contributed by atoms with Crippen molar-refractivity contribution >= 4 is 16.8 Å². The van der Waals surface area contributed by atoms with Gasteiger partial charge in [0, 0.05) is 21.8 Å². The Balaban J connectivity index is 2.64. The first-order valence-corrected chi connectivity index (χ1v) is 6.63. The number of rotatable bonds is 6. The SMILES string of the molecule is COc1cccc(CS(=O)C(C)CC(=O)O)c1. The Bertz CT molecular complexity index is 417. The van der Waals surface area contributed by atoms with E-state index in [4.69, 9.17) is 9.84 Å². The fourth-order valence-electron chi connectivity index (χ4n) is 1.41. The van der Waals surface area contributed by atoms with E-state index in [1.54, 1.807) is 14.0 Å². The van der Waals surface area contributed by atoms with Gasteiger partial charge in [0.1, 0.15) is 5.75 Å². The zero-order valence-corrected chi connectivity index (χ0v) is 10.7. The fourth-order valence-corrected chi connectivity index (χ4v) is 2.53. The first kappa shape index (κ1) is 13.7. The second-order valence-electron chi connectivity index (χ2n) is 3.79. The highest BCUT2D eigenvalue weighted by atomic mass is 32.2. The van der Waals surface area contributed by atoms with Gasteiger partial charge in [0.15, 0.2) is 0 Å². The predicted molar refractivity (Wildman–Crippen MR) is 66.6 cm³/mol. The molecule has 0 bridgehead atoms. The molecule has 0 amide bonds. The maximum absolute atomic E-state index is 11.9. The molecule has 0 saturated heterocycles. The monoisotopic (exact) mass is 256 g/mol. The summed E-state index contributed by atoms with van der Waals surface area (Å²) in [5.41, 5.74) is 0.889. The van der Waals surface area contributed by atoms with Crippen molar-refractivity contribution in [1.29, 1.82) is 0 Å². The summed E-state index contributed by atoms with van der Waals surface area (Å²) in [5.74, 6) is 0.146. The van der Waals surface area contributed by atoms with Gasteiger partial charge in [-0.3, -0.25) is 9.00 Å². The molecular weight excluding hydrogens is 240 g/mol. The molecule has 0 aliphatic rings. The van der Waals surface area contributed by atoms with Gasteiger partial charge in [0.25, 0.3) is 0 Å². The molecule has 94 valence electrons. The highest BCUT2D eigenvalue weighted by Gasteiger charge is 2.15. The number of ether oxygens (including phenoxy) is 1. The molecule has 0 radical (unpaired) electrons. The number of hydrogen-bond donors (Lipinski definition) is 1. The second-order valence-corrected chi connectivity index (χ2v) is 5.64. The van der Waals surface area contributed by atoms with Gasteiger partial charge in [0.05, 0.1) is 13.5 Å². The van der Waals surface area contributed by atoms with Gasteiger partial charge in [-0.2, -0.15) is 0 Å². The van der Waals surface area contributed by atoms with Crippen LogP contribution in [0.15, 0.2) is 24.3 Å². The summed E-state index contributed by atoms with van der Waals surface area (Å²) in [6.07, 6.45) is -0.0728. The summed E-state index contributed by atoms with van der Waals surface area (Å²) < 4.78 is 16.9. The van der Waals surface area contributed by atoms with Crippen LogP contribution in [0, 0.1) is 0 Å². The molecule has 0 aliphatic heterocycles. The summed E-state index contributed by atoms with van der Waals surface area (Å²) in [4.78, 5) is 10.5. The van der Waals surface area contributed by atoms with Crippen molar-refractivity contribution in [1.82, 2.24) is 0 Å². The molecule has 2 atom stereocenters. The van der Waals surface area contributed by atoms with E-state index in [0.717, 1.165) is 5.56 Å². The summed E-state index contributed by atoms with van der Waals surface area (Å²) in [5, 5.41) is 8.28. The van der Waals surface area contributed by atoms with Gasteiger partial charge >= 0.3 is 5.97 Å². The lowest BCUT2D eigenvalue weighted by molar-refractivity contribution is -0.136. The second kappa shape index (κ2) is 6.39. The van der Waals surface area contributed by atoms with Crippen LogP contribution in [0.4, 0.5) is 0 Å². The van der Waals surface area contributed by atoms with Crippen LogP contribution >= 0.6 is 0 Å². The molecule has 2 unspecified atom stereocenters. The minimum absolute atomic E-state index is 0.0728. The highest BCUT2D eigenvalue weighted by molar-refractivity contribution is 7.84. The average Bonchev–Trinajstić information content (AvgIpc) is 2.28. The van der Waals surface area contributed by atoms with Crippen LogP contribution in [0.1, 0.15) is 18.9 Å². The Kier molecular flexibility index (Phi) is 5.15. The number of carbonyl (C=O) groups is 1. The van der Waals surface area contributed by atoms with Crippen molar-refractivity contribution < 1.29 is 18.8 Å². The van der Waals surface area contributed by atoms with Crippen molar-refractivity contribution in [2.45, 2.75) is 24.3 Å². The van der Waals surface area contributed by atoms with Gasteiger partial charge in [-0.25, -0.2) is 0 Å². The van der Waals surface area contributed by atoms with Crippen molar-refractivity contribution in [3.63, 3.8) is 0 Å². The van der Waals surface area contributed by atoms with Crippen LogP contribution in [0.5, 0.6) is 5.75 Å². The van der Waals surface area contributed by atoms with E-state index in [1.165, 1.54) is 0 Å². The quantitative estimate of drug-likeness (QED) is 0.843. The largest absolute Gasteiger partial charge is 0.497 e. The van der Waals surface area contributed by atoms with E-state index in [2.05, 4.69) is 0 Å². The van der Waals surface area contributed by atoms with Crippen molar-refractivity contribution in [2.75, 3.05) is 7.11 Å². The Hall–Kier alpha value is -1.36. The van der Waals surface area contributed by atoms with Crippen LogP contribution in [0.2, 0.25) is 0 Å². The minimum Gasteiger partial charge on any atom is -0.497 e. The predicted octanol–water partition coefficient (Wildman–Crippen LogP) is 1.81. The Morgan fingerprint density at radius 3 is 2.82 bits per heavy atom. The Morgan fingerprint density at radius 2 is 2.24 bits per heavy atom. The number of benzene rings is 1. The van der Waals surface area contributed by atoms with E-state index in [1.807, 2.05) is 24.3 Å². The molecule has 0 saturated carbocycles. The summed E-state index contributed by atoms with van der Waals surface area (Å²) in [6.45, 7) is 1.68. The lowest BCUT2D eigenvalue weighted by atomic mass is 10.2. The maximum Gasteiger partial charge on any atom is 0.304 e. The van der Waals surface area contributed by atoms with E-state index >= 15 is 0 Å². The minimum atomic E-state index is -1.18. The normalized spacial score (nSPS) is 14.0. The van der Waals surface area contributed by atoms with Crippen molar-refractivity contribution in [3.8, 4) is 5.75 Å². The molecule has 1 N–H and O–H groups in total. The van der Waals surface area contributed by atoms with E-state index in [-0.39, 0.29) is 11.7 Å². The van der Waals surface area contributed by atoms with E-state index < -0.39 is 16.8 Å². The molecule has 5 heteroatoms. The zero-order chi connectivity index (χ0) is 12.8. The first-order valence-electron chi connectivity index (χ1n) is 5.25. The fraction of sp³-hybridized carbons (Fsp3) is 0.417. The standard InChI is InChI=1S/C12H16O4S/c1-9(6-12(13)14)17(15)8-10-4-3-5-11(7-10)16-2/h3-5,7,9H,6,8H2,1-2H3,(H,13,14). The lowest BCUT2D eigenvalue weighted by Gasteiger charge is -2.09. The van der Waals surface area contributed by atoms with Gasteiger partial charge in [-0.15, -0.1) is 0 Å². The molecule has 0 heterocycles. The van der Waals surface area contributed by atoms with Crippen molar-refractivity contribution in [3.05, 3.63) is 29.8 Å². The molecule has 1 rings (SSSR count). The van der Waals surface area contributed by atoms with Gasteiger partial charge < -0.3 is 9.84 Å². The third kappa shape index (κ3) is 4.56. The third-order valence-electron chi connectivity index (χ3n) is 2.35. The summed E-state index contributed by atoms with van der Waals surface area (Å²) >= 11 is 0. The molecule has 0 aromatic heterocycles. The van der Waals surface area contributed by atoms with Gasteiger partial charge in [0.2, 0.25) is 0 Å².